The highest BCUT2D eigenvalue weighted by Crippen LogP contribution is 2.31. The molecule has 0 radical (unpaired) electrons. The Balaban J connectivity index is 2.19. The third-order valence-electron chi connectivity index (χ3n) is 3.13. The van der Waals surface area contributed by atoms with Crippen LogP contribution in [0, 0.1) is 6.92 Å². The van der Waals surface area contributed by atoms with Crippen molar-refractivity contribution in [3.8, 4) is 11.5 Å². The summed E-state index contributed by atoms with van der Waals surface area (Å²) in [6, 6.07) is 15.3. The van der Waals surface area contributed by atoms with Crippen LogP contribution < -0.4 is 4.74 Å². The van der Waals surface area contributed by atoms with Gasteiger partial charge in [-0.1, -0.05) is 30.3 Å². The van der Waals surface area contributed by atoms with E-state index in [2.05, 4.69) is 0 Å². The maximum atomic E-state index is 10.2. The van der Waals surface area contributed by atoms with Gasteiger partial charge in [-0.2, -0.15) is 0 Å². The number of aryl methyl sites for hydroxylation is 1. The minimum absolute atomic E-state index is 0.0813. The molecular weight excluding hydrogens is 252 g/mol. The number of aliphatic hydroxyl groups excluding tert-OH is 2. The van der Waals surface area contributed by atoms with E-state index in [0.717, 1.165) is 16.9 Å². The van der Waals surface area contributed by atoms with Crippen molar-refractivity contribution < 1.29 is 14.9 Å². The van der Waals surface area contributed by atoms with Gasteiger partial charge in [-0.15, -0.1) is 0 Å². The number of hydrogen-bond donors (Lipinski definition) is 2. The van der Waals surface area contributed by atoms with Crippen molar-refractivity contribution in [2.24, 2.45) is 0 Å². The molecule has 0 saturated carbocycles. The Morgan fingerprint density at radius 1 is 1.10 bits per heavy atom. The molecule has 106 valence electrons. The van der Waals surface area contributed by atoms with Crippen LogP contribution in [0.4, 0.5) is 0 Å². The molecule has 0 aliphatic rings. The Bertz CT molecular complexity index is 551. The molecule has 0 fully saturated rings. The SMILES string of the molecule is Cc1cccc(Oc2ccccc2C(O)CCCO)c1. The first kappa shape index (κ1) is 14.6. The lowest BCUT2D eigenvalue weighted by molar-refractivity contribution is 0.149. The van der Waals surface area contributed by atoms with Crippen molar-refractivity contribution in [2.45, 2.75) is 25.9 Å². The van der Waals surface area contributed by atoms with Crippen LogP contribution in [0.25, 0.3) is 0 Å². The fourth-order valence-electron chi connectivity index (χ4n) is 2.09. The lowest BCUT2D eigenvalue weighted by Gasteiger charge is -2.16. The molecule has 0 aromatic heterocycles. The van der Waals surface area contributed by atoms with Crippen LogP contribution in [0.2, 0.25) is 0 Å². The molecule has 0 spiro atoms. The van der Waals surface area contributed by atoms with Crippen molar-refractivity contribution in [3.05, 3.63) is 59.7 Å². The molecule has 2 aromatic carbocycles. The zero-order valence-corrected chi connectivity index (χ0v) is 11.6. The van der Waals surface area contributed by atoms with Gasteiger partial charge in [-0.05, 0) is 43.5 Å². The van der Waals surface area contributed by atoms with E-state index in [4.69, 9.17) is 9.84 Å². The first-order valence-corrected chi connectivity index (χ1v) is 6.83. The molecule has 3 heteroatoms. The van der Waals surface area contributed by atoms with Crippen molar-refractivity contribution >= 4 is 0 Å². The summed E-state index contributed by atoms with van der Waals surface area (Å²) >= 11 is 0. The van der Waals surface area contributed by atoms with E-state index in [1.165, 1.54) is 0 Å². The Hall–Kier alpha value is -1.84. The van der Waals surface area contributed by atoms with E-state index in [1.54, 1.807) is 0 Å². The fraction of sp³-hybridized carbons (Fsp3) is 0.294. The molecule has 0 bridgehead atoms. The zero-order chi connectivity index (χ0) is 14.4. The summed E-state index contributed by atoms with van der Waals surface area (Å²) in [5, 5.41) is 19.0. The molecule has 2 N–H and O–H groups in total. The predicted molar refractivity (Wildman–Crippen MR) is 79.0 cm³/mol. The number of rotatable bonds is 6. The number of ether oxygens (including phenoxy) is 1. The maximum absolute atomic E-state index is 10.2. The monoisotopic (exact) mass is 272 g/mol. The van der Waals surface area contributed by atoms with Crippen LogP contribution in [0.3, 0.4) is 0 Å². The molecule has 0 amide bonds. The normalized spacial score (nSPS) is 12.2. The Morgan fingerprint density at radius 3 is 2.65 bits per heavy atom. The van der Waals surface area contributed by atoms with Crippen LogP contribution in [-0.4, -0.2) is 16.8 Å². The number of para-hydroxylation sites is 1. The summed E-state index contributed by atoms with van der Waals surface area (Å²) in [7, 11) is 0. The quantitative estimate of drug-likeness (QED) is 0.844. The van der Waals surface area contributed by atoms with Gasteiger partial charge in [-0.25, -0.2) is 0 Å². The average molecular weight is 272 g/mol. The highest BCUT2D eigenvalue weighted by molar-refractivity contribution is 5.39. The number of aliphatic hydroxyl groups is 2. The first-order chi connectivity index (χ1) is 9.70. The maximum Gasteiger partial charge on any atom is 0.133 e. The molecule has 1 unspecified atom stereocenters. The molecule has 0 saturated heterocycles. The fourth-order valence-corrected chi connectivity index (χ4v) is 2.09. The molecule has 0 heterocycles. The van der Waals surface area contributed by atoms with Gasteiger partial charge in [-0.3, -0.25) is 0 Å². The Labute approximate surface area is 119 Å². The molecule has 20 heavy (non-hydrogen) atoms. The average Bonchev–Trinajstić information content (AvgIpc) is 2.45. The molecule has 1 atom stereocenters. The van der Waals surface area contributed by atoms with Gasteiger partial charge in [0.2, 0.25) is 0 Å². The molecule has 0 aliphatic heterocycles. The van der Waals surface area contributed by atoms with Crippen LogP contribution >= 0.6 is 0 Å². The smallest absolute Gasteiger partial charge is 0.133 e. The van der Waals surface area contributed by atoms with Crippen molar-refractivity contribution in [2.75, 3.05) is 6.61 Å². The molecule has 2 rings (SSSR count). The number of benzene rings is 2. The van der Waals surface area contributed by atoms with Gasteiger partial charge in [0, 0.05) is 12.2 Å². The van der Waals surface area contributed by atoms with Crippen LogP contribution in [-0.2, 0) is 0 Å². The summed E-state index contributed by atoms with van der Waals surface area (Å²) in [6.07, 6.45) is 0.466. The highest BCUT2D eigenvalue weighted by Gasteiger charge is 2.13. The summed E-state index contributed by atoms with van der Waals surface area (Å²) in [5.74, 6) is 1.41. The zero-order valence-electron chi connectivity index (χ0n) is 11.6. The highest BCUT2D eigenvalue weighted by atomic mass is 16.5. The lowest BCUT2D eigenvalue weighted by Crippen LogP contribution is -2.01. The van der Waals surface area contributed by atoms with Crippen LogP contribution in [0.5, 0.6) is 11.5 Å². The largest absolute Gasteiger partial charge is 0.457 e. The summed E-state index contributed by atoms with van der Waals surface area (Å²) < 4.78 is 5.87. The van der Waals surface area contributed by atoms with Gasteiger partial charge in [0.15, 0.2) is 0 Å². The number of hydrogen-bond acceptors (Lipinski definition) is 3. The van der Waals surface area contributed by atoms with E-state index in [9.17, 15) is 5.11 Å². The Morgan fingerprint density at radius 2 is 1.90 bits per heavy atom. The van der Waals surface area contributed by atoms with Crippen molar-refractivity contribution in [1.29, 1.82) is 0 Å². The van der Waals surface area contributed by atoms with Crippen LogP contribution in [0.1, 0.15) is 30.1 Å². The molecule has 0 aliphatic carbocycles. The predicted octanol–water partition coefficient (Wildman–Crippen LogP) is 3.59. The first-order valence-electron chi connectivity index (χ1n) is 6.83. The van der Waals surface area contributed by atoms with E-state index in [-0.39, 0.29) is 6.61 Å². The second-order valence-corrected chi connectivity index (χ2v) is 4.84. The van der Waals surface area contributed by atoms with E-state index in [1.807, 2.05) is 55.5 Å². The summed E-state index contributed by atoms with van der Waals surface area (Å²) in [6.45, 7) is 2.09. The third kappa shape index (κ3) is 3.83. The second kappa shape index (κ2) is 7.08. The Kier molecular flexibility index (Phi) is 5.16. The lowest BCUT2D eigenvalue weighted by atomic mass is 10.0. The van der Waals surface area contributed by atoms with Crippen molar-refractivity contribution in [1.82, 2.24) is 0 Å². The summed E-state index contributed by atoms with van der Waals surface area (Å²) in [5.41, 5.74) is 1.88. The minimum atomic E-state index is -0.622. The standard InChI is InChI=1S/C17H20O3/c1-13-6-4-7-14(12-13)20-17-10-3-2-8-15(17)16(19)9-5-11-18/h2-4,6-8,10,12,16,18-19H,5,9,11H2,1H3. The molecule has 3 nitrogen and oxygen atoms in total. The molecular formula is C17H20O3. The van der Waals surface area contributed by atoms with E-state index >= 15 is 0 Å². The van der Waals surface area contributed by atoms with Gasteiger partial charge in [0.1, 0.15) is 11.5 Å². The van der Waals surface area contributed by atoms with E-state index in [0.29, 0.717) is 18.6 Å². The van der Waals surface area contributed by atoms with E-state index < -0.39 is 6.10 Å². The van der Waals surface area contributed by atoms with Gasteiger partial charge in [0.05, 0.1) is 6.10 Å². The molecule has 2 aromatic rings. The summed E-state index contributed by atoms with van der Waals surface area (Å²) in [4.78, 5) is 0. The minimum Gasteiger partial charge on any atom is -0.457 e. The third-order valence-corrected chi connectivity index (χ3v) is 3.13. The topological polar surface area (TPSA) is 49.7 Å². The second-order valence-electron chi connectivity index (χ2n) is 4.84. The van der Waals surface area contributed by atoms with Gasteiger partial charge < -0.3 is 14.9 Å². The van der Waals surface area contributed by atoms with Gasteiger partial charge >= 0.3 is 0 Å². The van der Waals surface area contributed by atoms with Crippen molar-refractivity contribution in [3.63, 3.8) is 0 Å². The van der Waals surface area contributed by atoms with Gasteiger partial charge in [0.25, 0.3) is 0 Å². The van der Waals surface area contributed by atoms with Crippen LogP contribution in [0.15, 0.2) is 48.5 Å².